The number of aromatic nitrogens is 1. The van der Waals surface area contributed by atoms with Crippen LogP contribution >= 0.6 is 0 Å². The van der Waals surface area contributed by atoms with Crippen LogP contribution in [-0.4, -0.2) is 24.4 Å². The number of fused-ring (bicyclic) bond motifs is 1. The van der Waals surface area contributed by atoms with E-state index in [0.717, 1.165) is 25.2 Å². The average Bonchev–Trinajstić information content (AvgIpc) is 2.92. The summed E-state index contributed by atoms with van der Waals surface area (Å²) in [4.78, 5) is 2.34. The highest BCUT2D eigenvalue weighted by Gasteiger charge is 2.23. The van der Waals surface area contributed by atoms with E-state index in [1.165, 1.54) is 17.8 Å². The van der Waals surface area contributed by atoms with Gasteiger partial charge < -0.3 is 8.75 Å². The lowest BCUT2D eigenvalue weighted by molar-refractivity contribution is 0.161. The number of rotatable bonds is 4. The van der Waals surface area contributed by atoms with Crippen LogP contribution in [0.15, 0.2) is 42.6 Å². The van der Waals surface area contributed by atoms with Gasteiger partial charge in [0, 0.05) is 37.6 Å². The minimum atomic E-state index is -4.97. The number of hydrogen-bond acceptors (Lipinski definition) is 4. The van der Waals surface area contributed by atoms with Gasteiger partial charge in [0.2, 0.25) is 0 Å². The Bertz CT molecular complexity index is 755. The molecule has 0 radical (unpaired) electrons. The summed E-state index contributed by atoms with van der Waals surface area (Å²) in [6.45, 7) is 4.81. The fraction of sp³-hybridized carbons (Fsp3) is 0.333. The highest BCUT2D eigenvalue weighted by Crippen LogP contribution is 2.27. The molecule has 118 valence electrons. The lowest BCUT2D eigenvalue weighted by Crippen LogP contribution is -2.35. The van der Waals surface area contributed by atoms with Crippen LogP contribution in [0.3, 0.4) is 0 Å². The molecule has 0 saturated heterocycles. The molecular formula is C15H17FN2O3S. The Labute approximate surface area is 129 Å². The van der Waals surface area contributed by atoms with Gasteiger partial charge in [0.25, 0.3) is 0 Å². The van der Waals surface area contributed by atoms with Crippen molar-refractivity contribution < 1.29 is 16.5 Å². The molecular weight excluding hydrogens is 307 g/mol. The predicted molar refractivity (Wildman–Crippen MR) is 80.4 cm³/mol. The molecule has 1 aromatic heterocycles. The molecule has 1 aromatic carbocycles. The summed E-state index contributed by atoms with van der Waals surface area (Å²) in [5, 5.41) is 0. The molecule has 0 spiro atoms. The molecule has 2 aromatic rings. The maximum atomic E-state index is 12.4. The molecule has 5 nitrogen and oxygen atoms in total. The van der Waals surface area contributed by atoms with Gasteiger partial charge in [0.05, 0.1) is 0 Å². The second-order valence-electron chi connectivity index (χ2n) is 5.39. The Morgan fingerprint density at radius 1 is 1.23 bits per heavy atom. The van der Waals surface area contributed by atoms with Crippen molar-refractivity contribution in [2.24, 2.45) is 0 Å². The quantitative estimate of drug-likeness (QED) is 0.811. The topological polar surface area (TPSA) is 51.5 Å². The van der Waals surface area contributed by atoms with E-state index in [1.54, 1.807) is 12.1 Å². The first-order valence-electron chi connectivity index (χ1n) is 7.04. The van der Waals surface area contributed by atoms with E-state index in [9.17, 15) is 12.3 Å². The molecule has 0 N–H and O–H groups in total. The van der Waals surface area contributed by atoms with E-state index < -0.39 is 10.5 Å². The minimum Gasteiger partial charge on any atom is -0.358 e. The number of nitrogens with zero attached hydrogens (tertiary/aromatic N) is 2. The van der Waals surface area contributed by atoms with Gasteiger partial charge in [-0.1, -0.05) is 16.0 Å². The van der Waals surface area contributed by atoms with E-state index in [-0.39, 0.29) is 5.75 Å². The highest BCUT2D eigenvalue weighted by molar-refractivity contribution is 7.81. The van der Waals surface area contributed by atoms with E-state index in [4.69, 9.17) is 0 Å². The zero-order valence-corrected chi connectivity index (χ0v) is 13.0. The summed E-state index contributed by atoms with van der Waals surface area (Å²) in [6, 6.07) is 10.9. The molecule has 0 bridgehead atoms. The van der Waals surface area contributed by atoms with Crippen molar-refractivity contribution in [2.45, 2.75) is 26.1 Å². The van der Waals surface area contributed by atoms with Crippen molar-refractivity contribution in [3.05, 3.63) is 53.9 Å². The molecule has 2 heterocycles. The Kier molecular flexibility index (Phi) is 3.92. The van der Waals surface area contributed by atoms with Gasteiger partial charge in [-0.25, -0.2) is 0 Å². The van der Waals surface area contributed by atoms with Crippen LogP contribution in [0.1, 0.15) is 24.2 Å². The van der Waals surface area contributed by atoms with Gasteiger partial charge in [-0.15, -0.1) is 0 Å². The van der Waals surface area contributed by atoms with Crippen LogP contribution in [0.25, 0.3) is 0 Å². The maximum Gasteiger partial charge on any atom is 0.488 e. The Morgan fingerprint density at radius 2 is 1.95 bits per heavy atom. The second-order valence-corrected chi connectivity index (χ2v) is 6.35. The summed E-state index contributed by atoms with van der Waals surface area (Å²) >= 11 is 0. The zero-order valence-electron chi connectivity index (χ0n) is 12.1. The largest absolute Gasteiger partial charge is 0.488 e. The third-order valence-corrected chi connectivity index (χ3v) is 4.36. The summed E-state index contributed by atoms with van der Waals surface area (Å²) < 4.78 is 39.8. The van der Waals surface area contributed by atoms with Gasteiger partial charge in [0.1, 0.15) is 5.75 Å². The molecule has 22 heavy (non-hydrogen) atoms. The Balaban J connectivity index is 1.69. The van der Waals surface area contributed by atoms with Crippen LogP contribution in [0.4, 0.5) is 3.89 Å². The van der Waals surface area contributed by atoms with E-state index in [2.05, 4.69) is 38.9 Å². The van der Waals surface area contributed by atoms with Crippen LogP contribution in [0, 0.1) is 0 Å². The molecule has 1 unspecified atom stereocenters. The molecule has 0 saturated carbocycles. The third kappa shape index (κ3) is 3.31. The molecule has 0 fully saturated rings. The van der Waals surface area contributed by atoms with Crippen LogP contribution in [0.2, 0.25) is 0 Å². The Morgan fingerprint density at radius 3 is 2.64 bits per heavy atom. The van der Waals surface area contributed by atoms with Gasteiger partial charge in [-0.3, -0.25) is 4.90 Å². The first-order chi connectivity index (χ1) is 10.4. The van der Waals surface area contributed by atoms with Crippen molar-refractivity contribution in [3.63, 3.8) is 0 Å². The van der Waals surface area contributed by atoms with Crippen molar-refractivity contribution in [2.75, 3.05) is 6.54 Å². The summed E-state index contributed by atoms with van der Waals surface area (Å²) in [6.07, 6.45) is 2.09. The monoisotopic (exact) mass is 324 g/mol. The van der Waals surface area contributed by atoms with E-state index in [1.807, 2.05) is 0 Å². The molecule has 1 aliphatic rings. The smallest absolute Gasteiger partial charge is 0.358 e. The molecule has 3 rings (SSSR count). The van der Waals surface area contributed by atoms with Crippen molar-refractivity contribution in [1.29, 1.82) is 0 Å². The fourth-order valence-corrected chi connectivity index (χ4v) is 3.18. The summed E-state index contributed by atoms with van der Waals surface area (Å²) in [5.41, 5.74) is 2.31. The summed E-state index contributed by atoms with van der Waals surface area (Å²) in [7, 11) is -4.97. The molecule has 0 aliphatic carbocycles. The Hall–Kier alpha value is -1.86. The van der Waals surface area contributed by atoms with Crippen molar-refractivity contribution >= 4 is 10.5 Å². The standard InChI is InChI=1S/C15H17FN2O3S/c1-12-15-3-2-8-17(15)9-10-18(12)11-13-4-6-14(7-5-13)21-22(16,19)20/h2-8,12H,9-11H2,1H3. The first kappa shape index (κ1) is 15.1. The van der Waals surface area contributed by atoms with Crippen molar-refractivity contribution in [3.8, 4) is 5.75 Å². The van der Waals surface area contributed by atoms with Crippen LogP contribution < -0.4 is 4.18 Å². The lowest BCUT2D eigenvalue weighted by Gasteiger charge is -2.34. The number of hydrogen-bond donors (Lipinski definition) is 0. The third-order valence-electron chi connectivity index (χ3n) is 3.97. The summed E-state index contributed by atoms with van der Waals surface area (Å²) in [5.74, 6) is -0.0215. The lowest BCUT2D eigenvalue weighted by atomic mass is 10.1. The normalized spacial score (nSPS) is 18.9. The van der Waals surface area contributed by atoms with Crippen LogP contribution in [0.5, 0.6) is 5.75 Å². The molecule has 7 heteroatoms. The van der Waals surface area contributed by atoms with E-state index >= 15 is 0 Å². The number of benzene rings is 1. The van der Waals surface area contributed by atoms with Gasteiger partial charge in [0.15, 0.2) is 0 Å². The maximum absolute atomic E-state index is 12.4. The minimum absolute atomic E-state index is 0.0215. The molecule has 1 atom stereocenters. The van der Waals surface area contributed by atoms with Gasteiger partial charge >= 0.3 is 10.5 Å². The van der Waals surface area contributed by atoms with Crippen molar-refractivity contribution in [1.82, 2.24) is 9.47 Å². The first-order valence-corrected chi connectivity index (χ1v) is 8.35. The molecule has 1 aliphatic heterocycles. The molecule has 0 amide bonds. The SMILES string of the molecule is CC1c2cccn2CCN1Cc1ccc(OS(=O)(=O)F)cc1. The highest BCUT2D eigenvalue weighted by atomic mass is 32.3. The second kappa shape index (κ2) is 5.73. The van der Waals surface area contributed by atoms with E-state index in [0.29, 0.717) is 6.04 Å². The zero-order chi connectivity index (χ0) is 15.7. The predicted octanol–water partition coefficient (Wildman–Crippen LogP) is 2.66. The number of halogens is 1. The van der Waals surface area contributed by atoms with Gasteiger partial charge in [-0.2, -0.15) is 8.42 Å². The fourth-order valence-electron chi connectivity index (χ4n) is 2.84. The van der Waals surface area contributed by atoms with Gasteiger partial charge in [-0.05, 0) is 36.8 Å². The average molecular weight is 324 g/mol. The van der Waals surface area contributed by atoms with Crippen LogP contribution in [-0.2, 0) is 23.6 Å².